The third kappa shape index (κ3) is 2.56. The summed E-state index contributed by atoms with van der Waals surface area (Å²) in [6.07, 6.45) is 4.13. The van der Waals surface area contributed by atoms with E-state index in [9.17, 15) is 0 Å². The van der Waals surface area contributed by atoms with Gasteiger partial charge in [0.15, 0.2) is 0 Å². The standard InChI is InChI=1S/C13H18N2/c1-5-6-13(3,4)11-7-10(2)12(8-14)15-9-11/h7,9H,5-6H2,1-4H3. The van der Waals surface area contributed by atoms with Crippen LogP contribution in [0, 0.1) is 18.3 Å². The molecule has 1 heterocycles. The SMILES string of the molecule is CCCC(C)(C)c1cnc(C#N)c(C)c1. The monoisotopic (exact) mass is 202 g/mol. The van der Waals surface area contributed by atoms with Gasteiger partial charge in [-0.25, -0.2) is 4.98 Å². The highest BCUT2D eigenvalue weighted by atomic mass is 14.7. The van der Waals surface area contributed by atoms with Gasteiger partial charge in [-0.15, -0.1) is 0 Å². The van der Waals surface area contributed by atoms with Crippen LogP contribution in [0.1, 0.15) is 50.4 Å². The van der Waals surface area contributed by atoms with Gasteiger partial charge in [0.25, 0.3) is 0 Å². The Bertz CT molecular complexity index is 386. The van der Waals surface area contributed by atoms with Crippen LogP contribution in [0.3, 0.4) is 0 Å². The van der Waals surface area contributed by atoms with Crippen molar-refractivity contribution in [2.45, 2.75) is 46.0 Å². The fraction of sp³-hybridized carbons (Fsp3) is 0.538. The molecule has 0 aliphatic carbocycles. The van der Waals surface area contributed by atoms with Crippen LogP contribution in [0.25, 0.3) is 0 Å². The summed E-state index contributed by atoms with van der Waals surface area (Å²) in [5.74, 6) is 0. The Morgan fingerprint density at radius 3 is 2.60 bits per heavy atom. The van der Waals surface area contributed by atoms with Crippen molar-refractivity contribution in [1.82, 2.24) is 4.98 Å². The highest BCUT2D eigenvalue weighted by Crippen LogP contribution is 2.28. The van der Waals surface area contributed by atoms with Crippen molar-refractivity contribution in [2.24, 2.45) is 0 Å². The van der Waals surface area contributed by atoms with Gasteiger partial charge in [0, 0.05) is 6.20 Å². The lowest BCUT2D eigenvalue weighted by atomic mass is 9.81. The molecular formula is C13H18N2. The molecular weight excluding hydrogens is 184 g/mol. The number of hydrogen-bond acceptors (Lipinski definition) is 2. The number of aryl methyl sites for hydroxylation is 1. The van der Waals surface area contributed by atoms with E-state index in [0.29, 0.717) is 5.69 Å². The van der Waals surface area contributed by atoms with Crippen LogP contribution in [0.2, 0.25) is 0 Å². The fourth-order valence-corrected chi connectivity index (χ4v) is 1.83. The quantitative estimate of drug-likeness (QED) is 0.753. The third-order valence-electron chi connectivity index (χ3n) is 2.84. The van der Waals surface area contributed by atoms with Crippen molar-refractivity contribution < 1.29 is 0 Å². The van der Waals surface area contributed by atoms with Gasteiger partial charge in [0.05, 0.1) is 0 Å². The molecule has 0 amide bonds. The summed E-state index contributed by atoms with van der Waals surface area (Å²) in [6, 6.07) is 4.18. The summed E-state index contributed by atoms with van der Waals surface area (Å²) in [4.78, 5) is 4.18. The first-order chi connectivity index (χ1) is 7.01. The van der Waals surface area contributed by atoms with Crippen molar-refractivity contribution in [1.29, 1.82) is 5.26 Å². The molecule has 0 fully saturated rings. The van der Waals surface area contributed by atoms with E-state index in [4.69, 9.17) is 5.26 Å². The molecule has 1 aromatic rings. The van der Waals surface area contributed by atoms with E-state index < -0.39 is 0 Å². The fourth-order valence-electron chi connectivity index (χ4n) is 1.83. The van der Waals surface area contributed by atoms with E-state index in [2.05, 4.69) is 37.9 Å². The smallest absolute Gasteiger partial charge is 0.143 e. The van der Waals surface area contributed by atoms with Crippen molar-refractivity contribution in [2.75, 3.05) is 0 Å². The summed E-state index contributed by atoms with van der Waals surface area (Å²) in [5.41, 5.74) is 2.88. The predicted molar refractivity (Wildman–Crippen MR) is 61.6 cm³/mol. The van der Waals surface area contributed by atoms with Gasteiger partial charge in [-0.1, -0.05) is 33.3 Å². The van der Waals surface area contributed by atoms with Gasteiger partial charge in [-0.3, -0.25) is 0 Å². The van der Waals surface area contributed by atoms with Gasteiger partial charge in [-0.05, 0) is 29.9 Å². The van der Waals surface area contributed by atoms with E-state index in [1.54, 1.807) is 0 Å². The number of nitrogens with zero attached hydrogens (tertiary/aromatic N) is 2. The molecule has 2 heteroatoms. The average Bonchev–Trinajstić information content (AvgIpc) is 2.17. The van der Waals surface area contributed by atoms with Crippen LogP contribution in [0.4, 0.5) is 0 Å². The van der Waals surface area contributed by atoms with Crippen LogP contribution < -0.4 is 0 Å². The molecule has 80 valence electrons. The Morgan fingerprint density at radius 1 is 1.47 bits per heavy atom. The second-order valence-corrected chi connectivity index (χ2v) is 4.64. The van der Waals surface area contributed by atoms with Gasteiger partial charge >= 0.3 is 0 Å². The van der Waals surface area contributed by atoms with Crippen LogP contribution in [-0.4, -0.2) is 4.98 Å². The summed E-state index contributed by atoms with van der Waals surface area (Å²) in [5, 5.41) is 8.80. The topological polar surface area (TPSA) is 36.7 Å². The third-order valence-corrected chi connectivity index (χ3v) is 2.84. The normalized spacial score (nSPS) is 11.1. The molecule has 0 saturated heterocycles. The minimum atomic E-state index is 0.153. The van der Waals surface area contributed by atoms with Gasteiger partial charge < -0.3 is 0 Å². The second kappa shape index (κ2) is 4.44. The van der Waals surface area contributed by atoms with Gasteiger partial charge in [0.2, 0.25) is 0 Å². The Labute approximate surface area is 92.0 Å². The Balaban J connectivity index is 3.08. The summed E-state index contributed by atoms with van der Waals surface area (Å²) in [7, 11) is 0. The van der Waals surface area contributed by atoms with E-state index in [1.165, 1.54) is 5.56 Å². The number of pyridine rings is 1. The lowest BCUT2D eigenvalue weighted by Crippen LogP contribution is -2.17. The first kappa shape index (κ1) is 11.7. The molecule has 0 N–H and O–H groups in total. The predicted octanol–water partition coefficient (Wildman–Crippen LogP) is 3.34. The van der Waals surface area contributed by atoms with Gasteiger partial charge in [-0.2, -0.15) is 5.26 Å². The molecule has 0 atom stereocenters. The molecule has 0 unspecified atom stereocenters. The van der Waals surface area contributed by atoms with E-state index in [-0.39, 0.29) is 5.41 Å². The Kier molecular flexibility index (Phi) is 3.47. The zero-order valence-electron chi connectivity index (χ0n) is 9.96. The summed E-state index contributed by atoms with van der Waals surface area (Å²) in [6.45, 7) is 8.57. The lowest BCUT2D eigenvalue weighted by Gasteiger charge is -2.24. The largest absolute Gasteiger partial charge is 0.245 e. The zero-order chi connectivity index (χ0) is 11.5. The van der Waals surface area contributed by atoms with Crippen LogP contribution in [0.15, 0.2) is 12.3 Å². The number of rotatable bonds is 3. The first-order valence-electron chi connectivity index (χ1n) is 5.38. The summed E-state index contributed by atoms with van der Waals surface area (Å²) >= 11 is 0. The zero-order valence-corrected chi connectivity index (χ0v) is 9.96. The maximum absolute atomic E-state index is 8.80. The average molecular weight is 202 g/mol. The molecule has 15 heavy (non-hydrogen) atoms. The summed E-state index contributed by atoms with van der Waals surface area (Å²) < 4.78 is 0. The highest BCUT2D eigenvalue weighted by Gasteiger charge is 2.20. The second-order valence-electron chi connectivity index (χ2n) is 4.64. The van der Waals surface area contributed by atoms with Crippen LogP contribution in [0.5, 0.6) is 0 Å². The van der Waals surface area contributed by atoms with Crippen molar-refractivity contribution in [3.8, 4) is 6.07 Å². The van der Waals surface area contributed by atoms with E-state index in [0.717, 1.165) is 18.4 Å². The molecule has 0 bridgehead atoms. The maximum atomic E-state index is 8.80. The number of aromatic nitrogens is 1. The maximum Gasteiger partial charge on any atom is 0.143 e. The molecule has 1 aromatic heterocycles. The first-order valence-corrected chi connectivity index (χ1v) is 5.38. The molecule has 0 saturated carbocycles. The molecule has 0 aliphatic rings. The highest BCUT2D eigenvalue weighted by molar-refractivity contribution is 5.35. The molecule has 2 nitrogen and oxygen atoms in total. The molecule has 0 radical (unpaired) electrons. The molecule has 0 aromatic carbocycles. The number of nitriles is 1. The van der Waals surface area contributed by atoms with E-state index >= 15 is 0 Å². The lowest BCUT2D eigenvalue weighted by molar-refractivity contribution is 0.471. The molecule has 0 aliphatic heterocycles. The van der Waals surface area contributed by atoms with Crippen molar-refractivity contribution >= 4 is 0 Å². The Morgan fingerprint density at radius 2 is 2.13 bits per heavy atom. The van der Waals surface area contributed by atoms with Crippen molar-refractivity contribution in [3.63, 3.8) is 0 Å². The Hall–Kier alpha value is -1.36. The number of hydrogen-bond donors (Lipinski definition) is 0. The van der Waals surface area contributed by atoms with Crippen molar-refractivity contribution in [3.05, 3.63) is 29.1 Å². The minimum absolute atomic E-state index is 0.153. The van der Waals surface area contributed by atoms with Crippen LogP contribution >= 0.6 is 0 Å². The van der Waals surface area contributed by atoms with Crippen LogP contribution in [-0.2, 0) is 5.41 Å². The van der Waals surface area contributed by atoms with Gasteiger partial charge in [0.1, 0.15) is 11.8 Å². The van der Waals surface area contributed by atoms with E-state index in [1.807, 2.05) is 13.1 Å². The molecule has 1 rings (SSSR count). The molecule has 0 spiro atoms. The minimum Gasteiger partial charge on any atom is -0.245 e.